The Balaban J connectivity index is 2.04. The van der Waals surface area contributed by atoms with Crippen molar-refractivity contribution in [2.24, 2.45) is 0 Å². The molecule has 2 heteroatoms. The first-order valence-corrected chi connectivity index (χ1v) is 6.62. The zero-order valence-corrected chi connectivity index (χ0v) is 10.6. The molecule has 0 fully saturated rings. The second kappa shape index (κ2) is 4.19. The monoisotopic (exact) mass is 228 g/mol. The second-order valence-electron chi connectivity index (χ2n) is 5.15. The van der Waals surface area contributed by atoms with Crippen LogP contribution >= 0.6 is 0 Å². The van der Waals surface area contributed by atoms with Crippen LogP contribution in [0.3, 0.4) is 0 Å². The molecular formula is C15H20N2. The molecule has 1 atom stereocenters. The lowest BCUT2D eigenvalue weighted by Gasteiger charge is -2.23. The molecule has 90 valence electrons. The van der Waals surface area contributed by atoms with E-state index in [2.05, 4.69) is 42.3 Å². The smallest absolute Gasteiger partial charge is 0.0489 e. The molecule has 0 saturated carbocycles. The first-order chi connectivity index (χ1) is 8.29. The Morgan fingerprint density at radius 2 is 2.24 bits per heavy atom. The van der Waals surface area contributed by atoms with Gasteiger partial charge in [0.15, 0.2) is 0 Å². The predicted octanol–water partition coefficient (Wildman–Crippen LogP) is 3.29. The van der Waals surface area contributed by atoms with Gasteiger partial charge in [0.2, 0.25) is 0 Å². The highest BCUT2D eigenvalue weighted by Crippen LogP contribution is 2.28. The zero-order chi connectivity index (χ0) is 11.8. The van der Waals surface area contributed by atoms with Crippen LogP contribution in [-0.4, -0.2) is 11.0 Å². The van der Waals surface area contributed by atoms with E-state index in [4.69, 9.17) is 0 Å². The third-order valence-corrected chi connectivity index (χ3v) is 3.89. The summed E-state index contributed by atoms with van der Waals surface area (Å²) >= 11 is 0. The highest BCUT2D eigenvalue weighted by molar-refractivity contribution is 5.87. The molecule has 0 saturated heterocycles. The van der Waals surface area contributed by atoms with Gasteiger partial charge >= 0.3 is 0 Å². The summed E-state index contributed by atoms with van der Waals surface area (Å²) in [7, 11) is 0. The number of fused-ring (bicyclic) bond motifs is 3. The third kappa shape index (κ3) is 1.77. The fraction of sp³-hybridized carbons (Fsp3) is 0.467. The molecule has 1 aliphatic heterocycles. The van der Waals surface area contributed by atoms with Gasteiger partial charge in [0.05, 0.1) is 0 Å². The minimum Gasteiger partial charge on any atom is -0.358 e. The molecule has 1 unspecified atom stereocenters. The van der Waals surface area contributed by atoms with Crippen molar-refractivity contribution < 1.29 is 0 Å². The summed E-state index contributed by atoms with van der Waals surface area (Å²) in [5.41, 5.74) is 5.61. The van der Waals surface area contributed by atoms with Gasteiger partial charge in [-0.2, -0.15) is 0 Å². The fourth-order valence-corrected chi connectivity index (χ4v) is 2.97. The summed E-state index contributed by atoms with van der Waals surface area (Å²) in [6.45, 7) is 5.46. The summed E-state index contributed by atoms with van der Waals surface area (Å²) in [5.74, 6) is 0. The number of nitrogens with one attached hydrogen (secondary N) is 2. The van der Waals surface area contributed by atoms with Crippen molar-refractivity contribution in [1.29, 1.82) is 0 Å². The summed E-state index contributed by atoms with van der Waals surface area (Å²) in [5, 5.41) is 5.06. The molecule has 17 heavy (non-hydrogen) atoms. The maximum absolute atomic E-state index is 3.65. The molecule has 0 radical (unpaired) electrons. The Labute approximate surface area is 102 Å². The number of rotatable bonds is 2. The van der Waals surface area contributed by atoms with Crippen molar-refractivity contribution in [3.8, 4) is 0 Å². The number of hydrogen-bond donors (Lipinski definition) is 2. The second-order valence-corrected chi connectivity index (χ2v) is 5.15. The van der Waals surface area contributed by atoms with Gasteiger partial charge in [0.1, 0.15) is 0 Å². The molecule has 2 heterocycles. The van der Waals surface area contributed by atoms with Crippen LogP contribution in [0, 0.1) is 6.92 Å². The Morgan fingerprint density at radius 3 is 3.06 bits per heavy atom. The third-order valence-electron chi connectivity index (χ3n) is 3.89. The van der Waals surface area contributed by atoms with E-state index in [9.17, 15) is 0 Å². The molecular weight excluding hydrogens is 208 g/mol. The normalized spacial score (nSPS) is 19.5. The maximum Gasteiger partial charge on any atom is 0.0489 e. The summed E-state index contributed by atoms with van der Waals surface area (Å²) < 4.78 is 0. The van der Waals surface area contributed by atoms with E-state index in [1.807, 2.05) is 0 Å². The van der Waals surface area contributed by atoms with Gasteiger partial charge in [-0.05, 0) is 24.5 Å². The standard InChI is InChI=1S/C15H20N2/c1-3-5-11-8-14-13(9-16-11)12-7-4-6-10(2)15(12)17-14/h4,6-7,11,16-17H,3,5,8-9H2,1-2H3. The Bertz CT molecular complexity index is 539. The van der Waals surface area contributed by atoms with Crippen LogP contribution in [0.1, 0.15) is 36.6 Å². The van der Waals surface area contributed by atoms with Crippen molar-refractivity contribution in [3.63, 3.8) is 0 Å². The quantitative estimate of drug-likeness (QED) is 0.811. The van der Waals surface area contributed by atoms with Gasteiger partial charge in [-0.15, -0.1) is 0 Å². The van der Waals surface area contributed by atoms with Crippen molar-refractivity contribution in [2.75, 3.05) is 0 Å². The molecule has 1 aliphatic rings. The van der Waals surface area contributed by atoms with Crippen molar-refractivity contribution >= 4 is 10.9 Å². The SMILES string of the molecule is CCCC1Cc2[nH]c3c(C)cccc3c2CN1. The summed E-state index contributed by atoms with van der Waals surface area (Å²) in [6.07, 6.45) is 3.68. The van der Waals surface area contributed by atoms with Crippen LogP contribution < -0.4 is 5.32 Å². The topological polar surface area (TPSA) is 27.8 Å². The van der Waals surface area contributed by atoms with Crippen LogP contribution in [-0.2, 0) is 13.0 Å². The molecule has 0 bridgehead atoms. The van der Waals surface area contributed by atoms with Gasteiger partial charge in [0.25, 0.3) is 0 Å². The largest absolute Gasteiger partial charge is 0.358 e. The molecule has 3 rings (SSSR count). The molecule has 2 aromatic rings. The summed E-state index contributed by atoms with van der Waals surface area (Å²) in [6, 6.07) is 7.23. The van der Waals surface area contributed by atoms with E-state index in [0.717, 1.165) is 13.0 Å². The minimum atomic E-state index is 0.654. The number of aryl methyl sites for hydroxylation is 1. The number of para-hydroxylation sites is 1. The van der Waals surface area contributed by atoms with Crippen LogP contribution in [0.5, 0.6) is 0 Å². The van der Waals surface area contributed by atoms with Gasteiger partial charge in [-0.25, -0.2) is 0 Å². The average molecular weight is 228 g/mol. The van der Waals surface area contributed by atoms with E-state index >= 15 is 0 Å². The molecule has 0 aliphatic carbocycles. The van der Waals surface area contributed by atoms with Crippen molar-refractivity contribution in [2.45, 2.75) is 45.7 Å². The van der Waals surface area contributed by atoms with Gasteiger partial charge in [-0.1, -0.05) is 31.5 Å². The highest BCUT2D eigenvalue weighted by atomic mass is 14.9. The number of aromatic nitrogens is 1. The summed E-state index contributed by atoms with van der Waals surface area (Å²) in [4.78, 5) is 3.63. The fourth-order valence-electron chi connectivity index (χ4n) is 2.97. The Morgan fingerprint density at radius 1 is 1.35 bits per heavy atom. The molecule has 2 nitrogen and oxygen atoms in total. The maximum atomic E-state index is 3.65. The van der Waals surface area contributed by atoms with E-state index in [1.165, 1.54) is 40.6 Å². The number of hydrogen-bond acceptors (Lipinski definition) is 1. The molecule has 1 aromatic carbocycles. The molecule has 2 N–H and O–H groups in total. The lowest BCUT2D eigenvalue weighted by Crippen LogP contribution is -2.35. The number of H-pyrrole nitrogens is 1. The first kappa shape index (κ1) is 10.8. The number of benzene rings is 1. The van der Waals surface area contributed by atoms with Crippen molar-refractivity contribution in [3.05, 3.63) is 35.0 Å². The molecule has 1 aromatic heterocycles. The lowest BCUT2D eigenvalue weighted by atomic mass is 9.97. The van der Waals surface area contributed by atoms with Crippen LogP contribution in [0.4, 0.5) is 0 Å². The molecule has 0 spiro atoms. The van der Waals surface area contributed by atoms with Crippen LogP contribution in [0.2, 0.25) is 0 Å². The predicted molar refractivity (Wildman–Crippen MR) is 72.3 cm³/mol. The average Bonchev–Trinajstić information content (AvgIpc) is 2.69. The highest BCUT2D eigenvalue weighted by Gasteiger charge is 2.21. The zero-order valence-electron chi connectivity index (χ0n) is 10.6. The van der Waals surface area contributed by atoms with Crippen LogP contribution in [0.15, 0.2) is 18.2 Å². The number of aromatic amines is 1. The van der Waals surface area contributed by atoms with E-state index < -0.39 is 0 Å². The molecule has 0 amide bonds. The van der Waals surface area contributed by atoms with Gasteiger partial charge in [-0.3, -0.25) is 0 Å². The first-order valence-electron chi connectivity index (χ1n) is 6.62. The lowest BCUT2D eigenvalue weighted by molar-refractivity contribution is 0.446. The Kier molecular flexibility index (Phi) is 2.67. The minimum absolute atomic E-state index is 0.654. The van der Waals surface area contributed by atoms with Crippen molar-refractivity contribution in [1.82, 2.24) is 10.3 Å². The van der Waals surface area contributed by atoms with E-state index in [-0.39, 0.29) is 0 Å². The van der Waals surface area contributed by atoms with Gasteiger partial charge in [0, 0.05) is 35.6 Å². The van der Waals surface area contributed by atoms with E-state index in [1.54, 1.807) is 0 Å². The van der Waals surface area contributed by atoms with E-state index in [0.29, 0.717) is 6.04 Å². The van der Waals surface area contributed by atoms with Crippen LogP contribution in [0.25, 0.3) is 10.9 Å². The van der Waals surface area contributed by atoms with Gasteiger partial charge < -0.3 is 10.3 Å². The Hall–Kier alpha value is -1.28.